The number of piperidine rings is 1. The molecule has 1 heterocycles. The fraction of sp³-hybridized carbons (Fsp3) is 0.562. The second-order valence-corrected chi connectivity index (χ2v) is 5.16. The van der Waals surface area contributed by atoms with Gasteiger partial charge in [0.15, 0.2) is 0 Å². The van der Waals surface area contributed by atoms with Crippen molar-refractivity contribution >= 4 is 5.97 Å². The molecule has 2 rings (SSSR count). The summed E-state index contributed by atoms with van der Waals surface area (Å²) in [6, 6.07) is 7.98. The summed E-state index contributed by atoms with van der Waals surface area (Å²) in [6.07, 6.45) is 3.60. The number of aryl methyl sites for hydroxylation is 1. The summed E-state index contributed by atoms with van der Waals surface area (Å²) < 4.78 is 5.26. The molecule has 0 aliphatic carbocycles. The van der Waals surface area contributed by atoms with E-state index in [1.165, 1.54) is 24.8 Å². The monoisotopic (exact) mass is 261 g/mol. The predicted molar refractivity (Wildman–Crippen MR) is 76.0 cm³/mol. The minimum Gasteiger partial charge on any atom is -0.465 e. The second kappa shape index (κ2) is 6.71. The molecule has 104 valence electrons. The van der Waals surface area contributed by atoms with Crippen molar-refractivity contribution in [2.75, 3.05) is 19.7 Å². The molecule has 0 saturated carbocycles. The van der Waals surface area contributed by atoms with E-state index in [9.17, 15) is 4.79 Å². The van der Waals surface area contributed by atoms with E-state index in [4.69, 9.17) is 4.74 Å². The van der Waals surface area contributed by atoms with E-state index in [0.717, 1.165) is 18.7 Å². The standard InChI is InChI=1S/C16H23NO2/c1-3-19-16(18)15(17-11-5-4-6-12-17)14-9-7-13(2)8-10-14/h7-10,15H,3-6,11-12H2,1-2H3/t15-/m1/s1. The number of esters is 1. The Morgan fingerprint density at radius 2 is 1.84 bits per heavy atom. The normalized spacial score (nSPS) is 18.0. The summed E-state index contributed by atoms with van der Waals surface area (Å²) in [5.74, 6) is -0.117. The Labute approximate surface area is 115 Å². The van der Waals surface area contributed by atoms with Crippen molar-refractivity contribution in [2.24, 2.45) is 0 Å². The average molecular weight is 261 g/mol. The Balaban J connectivity index is 2.22. The largest absolute Gasteiger partial charge is 0.465 e. The molecule has 3 nitrogen and oxygen atoms in total. The van der Waals surface area contributed by atoms with E-state index >= 15 is 0 Å². The van der Waals surface area contributed by atoms with Gasteiger partial charge in [0.25, 0.3) is 0 Å². The quantitative estimate of drug-likeness (QED) is 0.780. The van der Waals surface area contributed by atoms with E-state index in [-0.39, 0.29) is 12.0 Å². The van der Waals surface area contributed by atoms with Crippen LogP contribution in [0.3, 0.4) is 0 Å². The lowest BCUT2D eigenvalue weighted by Crippen LogP contribution is -2.38. The van der Waals surface area contributed by atoms with Crippen LogP contribution in [0.2, 0.25) is 0 Å². The molecule has 19 heavy (non-hydrogen) atoms. The zero-order valence-electron chi connectivity index (χ0n) is 11.9. The van der Waals surface area contributed by atoms with Gasteiger partial charge in [0.1, 0.15) is 6.04 Å². The summed E-state index contributed by atoms with van der Waals surface area (Å²) in [5.41, 5.74) is 2.26. The maximum Gasteiger partial charge on any atom is 0.327 e. The number of rotatable bonds is 4. The molecule has 0 N–H and O–H groups in total. The lowest BCUT2D eigenvalue weighted by atomic mass is 10.0. The summed E-state index contributed by atoms with van der Waals surface area (Å²) >= 11 is 0. The van der Waals surface area contributed by atoms with Crippen molar-refractivity contribution < 1.29 is 9.53 Å². The SMILES string of the molecule is CCOC(=O)[C@@H](c1ccc(C)cc1)N1CCCCC1. The van der Waals surface area contributed by atoms with Gasteiger partial charge in [-0.25, -0.2) is 4.79 Å². The van der Waals surface area contributed by atoms with Crippen LogP contribution in [0.25, 0.3) is 0 Å². The highest BCUT2D eigenvalue weighted by molar-refractivity contribution is 5.77. The predicted octanol–water partition coefficient (Wildman–Crippen LogP) is 3.09. The summed E-state index contributed by atoms with van der Waals surface area (Å²) in [6.45, 7) is 6.33. The number of hydrogen-bond donors (Lipinski definition) is 0. The van der Waals surface area contributed by atoms with Crippen LogP contribution < -0.4 is 0 Å². The highest BCUT2D eigenvalue weighted by Gasteiger charge is 2.29. The molecule has 1 aromatic rings. The van der Waals surface area contributed by atoms with Gasteiger partial charge < -0.3 is 4.74 Å². The highest BCUT2D eigenvalue weighted by Crippen LogP contribution is 2.26. The van der Waals surface area contributed by atoms with Crippen molar-refractivity contribution in [3.05, 3.63) is 35.4 Å². The number of likely N-dealkylation sites (tertiary alicyclic amines) is 1. The van der Waals surface area contributed by atoms with Crippen LogP contribution in [0.4, 0.5) is 0 Å². The van der Waals surface area contributed by atoms with Crippen LogP contribution in [-0.2, 0) is 9.53 Å². The van der Waals surface area contributed by atoms with Crippen LogP contribution in [0.1, 0.15) is 43.4 Å². The highest BCUT2D eigenvalue weighted by atomic mass is 16.5. The maximum absolute atomic E-state index is 12.3. The molecule has 1 atom stereocenters. The van der Waals surface area contributed by atoms with Crippen molar-refractivity contribution in [3.63, 3.8) is 0 Å². The molecule has 0 amide bonds. The molecule has 0 unspecified atom stereocenters. The lowest BCUT2D eigenvalue weighted by Gasteiger charge is -2.33. The summed E-state index contributed by atoms with van der Waals surface area (Å²) in [7, 11) is 0. The Bertz CT molecular complexity index is 407. The first-order chi connectivity index (χ1) is 9.22. The van der Waals surface area contributed by atoms with Crippen molar-refractivity contribution in [2.45, 2.75) is 39.2 Å². The molecule has 0 radical (unpaired) electrons. The van der Waals surface area contributed by atoms with Gasteiger partial charge in [0, 0.05) is 0 Å². The maximum atomic E-state index is 12.3. The zero-order chi connectivity index (χ0) is 13.7. The van der Waals surface area contributed by atoms with Gasteiger partial charge in [-0.1, -0.05) is 36.2 Å². The van der Waals surface area contributed by atoms with Gasteiger partial charge in [-0.15, -0.1) is 0 Å². The molecule has 1 fully saturated rings. The van der Waals surface area contributed by atoms with E-state index in [1.54, 1.807) is 0 Å². The molecule has 1 aliphatic heterocycles. The smallest absolute Gasteiger partial charge is 0.327 e. The minimum atomic E-state index is -0.235. The first-order valence-electron chi connectivity index (χ1n) is 7.19. The van der Waals surface area contributed by atoms with Crippen molar-refractivity contribution in [1.82, 2.24) is 4.90 Å². The molecule has 3 heteroatoms. The number of carbonyl (C=O) groups is 1. The number of nitrogens with zero attached hydrogens (tertiary/aromatic N) is 1. The van der Waals surface area contributed by atoms with E-state index < -0.39 is 0 Å². The first kappa shape index (κ1) is 14.1. The first-order valence-corrected chi connectivity index (χ1v) is 7.19. The molecule has 1 aromatic carbocycles. The van der Waals surface area contributed by atoms with Gasteiger partial charge >= 0.3 is 5.97 Å². The van der Waals surface area contributed by atoms with Crippen LogP contribution in [0.5, 0.6) is 0 Å². The van der Waals surface area contributed by atoms with E-state index in [1.807, 2.05) is 19.1 Å². The van der Waals surface area contributed by atoms with E-state index in [2.05, 4.69) is 24.0 Å². The summed E-state index contributed by atoms with van der Waals surface area (Å²) in [4.78, 5) is 14.5. The Morgan fingerprint density at radius 3 is 2.42 bits per heavy atom. The van der Waals surface area contributed by atoms with Crippen molar-refractivity contribution in [1.29, 1.82) is 0 Å². The van der Waals surface area contributed by atoms with Crippen LogP contribution in [0.15, 0.2) is 24.3 Å². The third-order valence-electron chi connectivity index (χ3n) is 3.66. The zero-order valence-corrected chi connectivity index (χ0v) is 11.9. The van der Waals surface area contributed by atoms with Crippen LogP contribution >= 0.6 is 0 Å². The topological polar surface area (TPSA) is 29.5 Å². The van der Waals surface area contributed by atoms with Gasteiger partial charge in [-0.2, -0.15) is 0 Å². The van der Waals surface area contributed by atoms with Gasteiger partial charge in [0.2, 0.25) is 0 Å². The molecule has 0 bridgehead atoms. The number of carbonyl (C=O) groups excluding carboxylic acids is 1. The Hall–Kier alpha value is -1.35. The minimum absolute atomic E-state index is 0.117. The van der Waals surface area contributed by atoms with Crippen molar-refractivity contribution in [3.8, 4) is 0 Å². The average Bonchev–Trinajstić information content (AvgIpc) is 2.43. The van der Waals surface area contributed by atoms with E-state index in [0.29, 0.717) is 6.61 Å². The molecule has 0 aromatic heterocycles. The number of ether oxygens (including phenoxy) is 1. The van der Waals surface area contributed by atoms with Crippen LogP contribution in [0, 0.1) is 6.92 Å². The second-order valence-electron chi connectivity index (χ2n) is 5.16. The third-order valence-corrected chi connectivity index (χ3v) is 3.66. The number of hydrogen-bond acceptors (Lipinski definition) is 3. The Morgan fingerprint density at radius 1 is 1.21 bits per heavy atom. The molecular formula is C16H23NO2. The number of benzene rings is 1. The molecular weight excluding hydrogens is 238 g/mol. The lowest BCUT2D eigenvalue weighted by molar-refractivity contribution is -0.150. The molecule has 1 saturated heterocycles. The van der Waals surface area contributed by atoms with Gasteiger partial charge in [0.05, 0.1) is 6.61 Å². The molecule has 1 aliphatic rings. The summed E-state index contributed by atoms with van der Waals surface area (Å²) in [5, 5.41) is 0. The Kier molecular flexibility index (Phi) is 4.97. The molecule has 0 spiro atoms. The van der Waals surface area contributed by atoms with Gasteiger partial charge in [-0.05, 0) is 45.3 Å². The van der Waals surface area contributed by atoms with Crippen LogP contribution in [-0.4, -0.2) is 30.6 Å². The fourth-order valence-corrected chi connectivity index (χ4v) is 2.64. The third kappa shape index (κ3) is 3.57. The van der Waals surface area contributed by atoms with Gasteiger partial charge in [-0.3, -0.25) is 4.90 Å². The fourth-order valence-electron chi connectivity index (χ4n) is 2.64.